The first-order valence-electron chi connectivity index (χ1n) is 24.3. The fourth-order valence-corrected chi connectivity index (χ4v) is 10.4. The van der Waals surface area contributed by atoms with E-state index >= 15 is 9.59 Å². The van der Waals surface area contributed by atoms with Crippen LogP contribution < -0.4 is 18.9 Å². The monoisotopic (exact) mass is 966 g/mol. The number of carbonyl (C=O) groups excluding carboxylic acids is 2. The second-order valence-corrected chi connectivity index (χ2v) is 17.4. The van der Waals surface area contributed by atoms with Gasteiger partial charge in [0.25, 0.3) is 0 Å². The third-order valence-electron chi connectivity index (χ3n) is 13.3. The van der Waals surface area contributed by atoms with Gasteiger partial charge >= 0.3 is 12.1 Å². The van der Waals surface area contributed by atoms with E-state index in [1.807, 2.05) is 105 Å². The van der Waals surface area contributed by atoms with Crippen LogP contribution in [0, 0.1) is 0 Å². The molecule has 4 amide bonds. The standard InChI is InChI=1S/C52H62N4O14/c57-49-53-35-39-31-45-46(68-28-24-64-20-16-60-12-11-59-15-19-63-23-27-67-45)32-40(39)36-54-50(58)56-38-42-34-48-47(69-29-25-65-21-17-61-13-14-62-18-22-66-26-30-70-48)33-41(42)37-55(49)52(56,44-9-5-2-6-10-44)51(53,54)43-7-3-1-4-8-43/h1-10,31-34H,11-30,35-38H2. The van der Waals surface area contributed by atoms with E-state index in [1.165, 1.54) is 0 Å². The number of carbonyl (C=O) groups is 2. The Bertz CT molecular complexity index is 2110. The number of urea groups is 2. The van der Waals surface area contributed by atoms with Crippen molar-refractivity contribution < 1.29 is 66.4 Å². The summed E-state index contributed by atoms with van der Waals surface area (Å²) in [4.78, 5) is 39.6. The van der Waals surface area contributed by atoms with E-state index in [0.29, 0.717) is 129 Å². The van der Waals surface area contributed by atoms with Crippen molar-refractivity contribution in [1.29, 1.82) is 0 Å². The van der Waals surface area contributed by atoms with Gasteiger partial charge < -0.3 is 56.8 Å². The molecule has 2 saturated heterocycles. The highest BCUT2D eigenvalue weighted by molar-refractivity contribution is 5.90. The molecule has 0 spiro atoms. The molecule has 4 aromatic rings. The summed E-state index contributed by atoms with van der Waals surface area (Å²) in [6.07, 6.45) is 0. The molecule has 0 N–H and O–H groups in total. The smallest absolute Gasteiger partial charge is 0.325 e. The zero-order chi connectivity index (χ0) is 47.6. The molecular weight excluding hydrogens is 905 g/mol. The number of fused-ring (bicyclic) bond motifs is 4. The van der Waals surface area contributed by atoms with Gasteiger partial charge in [-0.15, -0.1) is 0 Å². The summed E-state index contributed by atoms with van der Waals surface area (Å²) in [7, 11) is 0. The fourth-order valence-electron chi connectivity index (χ4n) is 10.4. The highest BCUT2D eigenvalue weighted by Crippen LogP contribution is 2.65. The van der Waals surface area contributed by atoms with Crippen LogP contribution in [0.2, 0.25) is 0 Å². The number of ether oxygens (including phenoxy) is 12. The van der Waals surface area contributed by atoms with Crippen LogP contribution in [-0.4, -0.2) is 164 Å². The van der Waals surface area contributed by atoms with Gasteiger partial charge in [-0.1, -0.05) is 60.7 Å². The summed E-state index contributed by atoms with van der Waals surface area (Å²) in [5.74, 6) is 2.00. The van der Waals surface area contributed by atoms with Crippen molar-refractivity contribution in [3.8, 4) is 23.0 Å². The van der Waals surface area contributed by atoms with Crippen LogP contribution in [0.5, 0.6) is 23.0 Å². The molecule has 0 aliphatic carbocycles. The molecule has 0 bridgehead atoms. The summed E-state index contributed by atoms with van der Waals surface area (Å²) in [6, 6.07) is 27.2. The van der Waals surface area contributed by atoms with E-state index in [-0.39, 0.29) is 64.7 Å². The van der Waals surface area contributed by atoms with E-state index in [2.05, 4.69) is 0 Å². The van der Waals surface area contributed by atoms with Crippen LogP contribution in [-0.2, 0) is 75.4 Å². The van der Waals surface area contributed by atoms with Gasteiger partial charge in [0.15, 0.2) is 34.3 Å². The summed E-state index contributed by atoms with van der Waals surface area (Å²) < 4.78 is 71.4. The summed E-state index contributed by atoms with van der Waals surface area (Å²) in [5, 5.41) is 0. The number of hydrogen-bond donors (Lipinski definition) is 0. The van der Waals surface area contributed by atoms with Crippen LogP contribution in [0.25, 0.3) is 0 Å². The molecule has 70 heavy (non-hydrogen) atoms. The van der Waals surface area contributed by atoms with Crippen molar-refractivity contribution >= 4 is 12.1 Å². The molecule has 6 aliphatic heterocycles. The average Bonchev–Trinajstić information content (AvgIpc) is 3.53. The Morgan fingerprint density at radius 1 is 0.300 bits per heavy atom. The molecule has 6 aliphatic rings. The van der Waals surface area contributed by atoms with Crippen molar-refractivity contribution in [3.63, 3.8) is 0 Å². The third kappa shape index (κ3) is 9.46. The number of amides is 4. The predicted octanol–water partition coefficient (Wildman–Crippen LogP) is 5.27. The number of hydrogen-bond acceptors (Lipinski definition) is 14. The first-order chi connectivity index (χ1) is 34.6. The Hall–Kier alpha value is -5.70. The summed E-state index contributed by atoms with van der Waals surface area (Å²) >= 11 is 0. The maximum Gasteiger partial charge on any atom is 0.325 e. The maximum absolute atomic E-state index is 16.0. The lowest BCUT2D eigenvalue weighted by Gasteiger charge is -2.49. The normalized spacial score (nSPS) is 24.7. The molecule has 0 unspecified atom stereocenters. The van der Waals surface area contributed by atoms with Gasteiger partial charge in [-0.2, -0.15) is 0 Å². The van der Waals surface area contributed by atoms with Gasteiger partial charge in [0, 0.05) is 11.1 Å². The van der Waals surface area contributed by atoms with Crippen molar-refractivity contribution in [3.05, 3.63) is 118 Å². The minimum atomic E-state index is -1.37. The fraction of sp³-hybridized carbons (Fsp3) is 0.500. The van der Waals surface area contributed by atoms with E-state index in [1.54, 1.807) is 0 Å². The van der Waals surface area contributed by atoms with Crippen LogP contribution >= 0.6 is 0 Å². The minimum Gasteiger partial charge on any atom is -0.487 e. The molecule has 18 heteroatoms. The van der Waals surface area contributed by atoms with E-state index < -0.39 is 11.3 Å². The Balaban J connectivity index is 1.05. The lowest BCUT2D eigenvalue weighted by molar-refractivity contribution is -0.0793. The zero-order valence-corrected chi connectivity index (χ0v) is 39.6. The Morgan fingerprint density at radius 2 is 0.514 bits per heavy atom. The van der Waals surface area contributed by atoms with Crippen LogP contribution in [0.4, 0.5) is 9.59 Å². The lowest BCUT2D eigenvalue weighted by atomic mass is 9.79. The Morgan fingerprint density at radius 3 is 0.743 bits per heavy atom. The topological polar surface area (TPSA) is 158 Å². The molecular formula is C52H62N4O14. The van der Waals surface area contributed by atoms with Gasteiger partial charge in [0.1, 0.15) is 26.4 Å². The van der Waals surface area contributed by atoms with Crippen molar-refractivity contribution in [2.75, 3.05) is 132 Å². The summed E-state index contributed by atoms with van der Waals surface area (Å²) in [6.45, 7) is 8.17. The van der Waals surface area contributed by atoms with E-state index in [0.717, 1.165) is 33.4 Å². The molecule has 4 aromatic carbocycles. The van der Waals surface area contributed by atoms with E-state index in [9.17, 15) is 0 Å². The SMILES string of the molecule is O=C1N2Cc3cc4c(cc3CN3C(=O)N5Cc6cc7c(cc6CN1C5(c1ccccc1)C23c1ccccc1)OCCOCCOCCOCCOCCO7)OCCOCCOCCOCCOCCO4. The van der Waals surface area contributed by atoms with Gasteiger partial charge in [0.05, 0.1) is 132 Å². The van der Waals surface area contributed by atoms with Gasteiger partial charge in [-0.3, -0.25) is 19.6 Å². The number of benzene rings is 4. The number of rotatable bonds is 2. The van der Waals surface area contributed by atoms with E-state index in [4.69, 9.17) is 56.8 Å². The molecule has 18 nitrogen and oxygen atoms in total. The Labute approximate surface area is 408 Å². The lowest BCUT2D eigenvalue weighted by Crippen LogP contribution is -2.62. The average molecular weight is 967 g/mol. The zero-order valence-electron chi connectivity index (χ0n) is 39.6. The van der Waals surface area contributed by atoms with Crippen LogP contribution in [0.3, 0.4) is 0 Å². The van der Waals surface area contributed by atoms with Crippen LogP contribution in [0.1, 0.15) is 33.4 Å². The van der Waals surface area contributed by atoms with Crippen molar-refractivity contribution in [1.82, 2.24) is 19.6 Å². The molecule has 0 atom stereocenters. The molecule has 0 aromatic heterocycles. The number of nitrogens with zero attached hydrogens (tertiary/aromatic N) is 4. The largest absolute Gasteiger partial charge is 0.487 e. The molecule has 0 radical (unpaired) electrons. The Kier molecular flexibility index (Phi) is 15.5. The molecule has 0 saturated carbocycles. The second-order valence-electron chi connectivity index (χ2n) is 17.4. The third-order valence-corrected chi connectivity index (χ3v) is 13.3. The highest BCUT2D eigenvalue weighted by Gasteiger charge is 2.80. The quantitative estimate of drug-likeness (QED) is 0.256. The first-order valence-corrected chi connectivity index (χ1v) is 24.3. The first kappa shape index (κ1) is 48.0. The summed E-state index contributed by atoms with van der Waals surface area (Å²) in [5.41, 5.74) is 2.15. The van der Waals surface area contributed by atoms with Gasteiger partial charge in [0.2, 0.25) is 0 Å². The second kappa shape index (κ2) is 22.6. The predicted molar refractivity (Wildman–Crippen MR) is 251 cm³/mol. The molecule has 10 rings (SSSR count). The minimum absolute atomic E-state index is 0.159. The van der Waals surface area contributed by atoms with Crippen molar-refractivity contribution in [2.45, 2.75) is 37.5 Å². The molecule has 2 fully saturated rings. The molecule has 6 heterocycles. The van der Waals surface area contributed by atoms with Crippen molar-refractivity contribution in [2.24, 2.45) is 0 Å². The maximum atomic E-state index is 16.0. The van der Waals surface area contributed by atoms with Gasteiger partial charge in [-0.05, 0) is 46.5 Å². The highest BCUT2D eigenvalue weighted by atomic mass is 16.6. The molecule has 374 valence electrons. The van der Waals surface area contributed by atoms with Gasteiger partial charge in [-0.25, -0.2) is 9.59 Å². The van der Waals surface area contributed by atoms with Crippen LogP contribution in [0.15, 0.2) is 84.9 Å².